The van der Waals surface area contributed by atoms with Gasteiger partial charge < -0.3 is 4.90 Å². The zero-order chi connectivity index (χ0) is 11.3. The topological polar surface area (TPSA) is 27.0 Å². The molecular weight excluding hydrogens is 191 g/mol. The Morgan fingerprint density at radius 1 is 1.47 bits per heavy atom. The molecule has 3 heteroatoms. The third-order valence-electron chi connectivity index (χ3n) is 2.29. The molecule has 0 bridgehead atoms. The van der Waals surface area contributed by atoms with Gasteiger partial charge in [-0.05, 0) is 26.0 Å². The number of benzene rings is 1. The molecule has 1 rings (SSSR count). The molecular formula is C12H15FN2. The molecule has 80 valence electrons. The maximum absolute atomic E-state index is 13.5. The van der Waals surface area contributed by atoms with Gasteiger partial charge in [0.25, 0.3) is 0 Å². The summed E-state index contributed by atoms with van der Waals surface area (Å²) in [5.74, 6) is -0.325. The number of anilines is 1. The lowest BCUT2D eigenvalue weighted by Crippen LogP contribution is -2.28. The minimum atomic E-state index is -0.232. The number of halogens is 1. The summed E-state index contributed by atoms with van der Waals surface area (Å²) in [5.41, 5.74) is 0.571. The van der Waals surface area contributed by atoms with Crippen molar-refractivity contribution in [2.24, 2.45) is 5.92 Å². The van der Waals surface area contributed by atoms with E-state index in [1.54, 1.807) is 18.2 Å². The lowest BCUT2D eigenvalue weighted by atomic mass is 10.1. The summed E-state index contributed by atoms with van der Waals surface area (Å²) in [6.45, 7) is 5.06. The van der Waals surface area contributed by atoms with Gasteiger partial charge in [0.05, 0.1) is 17.7 Å². The summed E-state index contributed by atoms with van der Waals surface area (Å²) in [5, 5.41) is 8.72. The molecule has 0 aliphatic rings. The molecule has 0 radical (unpaired) electrons. The predicted molar refractivity (Wildman–Crippen MR) is 59.1 cm³/mol. The fourth-order valence-corrected chi connectivity index (χ4v) is 1.48. The highest BCUT2D eigenvalue weighted by Crippen LogP contribution is 2.19. The van der Waals surface area contributed by atoms with E-state index in [0.29, 0.717) is 18.8 Å². The highest BCUT2D eigenvalue weighted by molar-refractivity contribution is 5.47. The van der Waals surface area contributed by atoms with E-state index in [1.165, 1.54) is 6.07 Å². The lowest BCUT2D eigenvalue weighted by Gasteiger charge is -2.24. The van der Waals surface area contributed by atoms with Crippen LogP contribution in [0.4, 0.5) is 10.1 Å². The quantitative estimate of drug-likeness (QED) is 0.757. The average Bonchev–Trinajstić information content (AvgIpc) is 2.26. The average molecular weight is 206 g/mol. The Bertz CT molecular complexity index is 357. The van der Waals surface area contributed by atoms with Crippen molar-refractivity contribution < 1.29 is 4.39 Å². The summed E-state index contributed by atoms with van der Waals surface area (Å²) in [7, 11) is 0. The van der Waals surface area contributed by atoms with Crippen molar-refractivity contribution in [2.75, 3.05) is 18.0 Å². The van der Waals surface area contributed by atoms with Crippen molar-refractivity contribution in [3.8, 4) is 6.07 Å². The van der Waals surface area contributed by atoms with Gasteiger partial charge in [0.2, 0.25) is 0 Å². The van der Waals surface area contributed by atoms with Crippen molar-refractivity contribution in [3.05, 3.63) is 30.1 Å². The highest BCUT2D eigenvalue weighted by Gasteiger charge is 2.11. The van der Waals surface area contributed by atoms with Crippen molar-refractivity contribution in [3.63, 3.8) is 0 Å². The molecule has 0 N–H and O–H groups in total. The Labute approximate surface area is 89.9 Å². The monoisotopic (exact) mass is 206 g/mol. The summed E-state index contributed by atoms with van der Waals surface area (Å²) in [6.07, 6.45) is 0. The molecule has 0 aliphatic heterocycles. The van der Waals surface area contributed by atoms with E-state index in [2.05, 4.69) is 6.07 Å². The second-order valence-electron chi connectivity index (χ2n) is 3.52. The number of rotatable bonds is 4. The van der Waals surface area contributed by atoms with Crippen molar-refractivity contribution in [2.45, 2.75) is 13.8 Å². The summed E-state index contributed by atoms with van der Waals surface area (Å²) in [4.78, 5) is 1.88. The predicted octanol–water partition coefficient (Wildman–Crippen LogP) is 2.81. The first kappa shape index (κ1) is 11.5. The SMILES string of the molecule is CCN(CC(C)C#N)c1ccccc1F. The molecule has 1 aromatic rings. The Kier molecular flexibility index (Phi) is 4.11. The van der Waals surface area contributed by atoms with Crippen LogP contribution in [0.5, 0.6) is 0 Å². The van der Waals surface area contributed by atoms with Crippen LogP contribution in [0.1, 0.15) is 13.8 Å². The Hall–Kier alpha value is -1.56. The molecule has 0 aromatic heterocycles. The van der Waals surface area contributed by atoms with Gasteiger partial charge in [-0.25, -0.2) is 4.39 Å². The van der Waals surface area contributed by atoms with Crippen LogP contribution in [0.2, 0.25) is 0 Å². The van der Waals surface area contributed by atoms with Gasteiger partial charge in [-0.15, -0.1) is 0 Å². The van der Waals surface area contributed by atoms with Gasteiger partial charge in [-0.2, -0.15) is 5.26 Å². The smallest absolute Gasteiger partial charge is 0.146 e. The van der Waals surface area contributed by atoms with E-state index in [0.717, 1.165) is 0 Å². The van der Waals surface area contributed by atoms with Crippen LogP contribution >= 0.6 is 0 Å². The van der Waals surface area contributed by atoms with E-state index in [4.69, 9.17) is 5.26 Å². The summed E-state index contributed by atoms with van der Waals surface area (Å²) < 4.78 is 13.5. The molecule has 15 heavy (non-hydrogen) atoms. The fraction of sp³-hybridized carbons (Fsp3) is 0.417. The first-order chi connectivity index (χ1) is 7.19. The van der Waals surface area contributed by atoms with Crippen molar-refractivity contribution in [1.82, 2.24) is 0 Å². The molecule has 0 saturated heterocycles. The van der Waals surface area contributed by atoms with Crippen LogP contribution in [-0.2, 0) is 0 Å². The summed E-state index contributed by atoms with van der Waals surface area (Å²) >= 11 is 0. The second kappa shape index (κ2) is 5.35. The number of nitrogens with zero attached hydrogens (tertiary/aromatic N) is 2. The van der Waals surface area contributed by atoms with Crippen molar-refractivity contribution >= 4 is 5.69 Å². The minimum absolute atomic E-state index is 0.0930. The van der Waals surface area contributed by atoms with Crippen LogP contribution in [0, 0.1) is 23.1 Å². The lowest BCUT2D eigenvalue weighted by molar-refractivity contribution is 0.607. The van der Waals surface area contributed by atoms with Gasteiger partial charge in [-0.1, -0.05) is 12.1 Å². The van der Waals surface area contributed by atoms with E-state index in [9.17, 15) is 4.39 Å². The maximum atomic E-state index is 13.5. The first-order valence-corrected chi connectivity index (χ1v) is 5.08. The fourth-order valence-electron chi connectivity index (χ4n) is 1.48. The number of hydrogen-bond acceptors (Lipinski definition) is 2. The normalized spacial score (nSPS) is 11.9. The van der Waals surface area contributed by atoms with Crippen molar-refractivity contribution in [1.29, 1.82) is 5.26 Å². The van der Waals surface area contributed by atoms with Gasteiger partial charge in [0.1, 0.15) is 5.82 Å². The van der Waals surface area contributed by atoms with Crippen LogP contribution in [0.15, 0.2) is 24.3 Å². The molecule has 0 saturated carbocycles. The zero-order valence-corrected chi connectivity index (χ0v) is 9.07. The number of nitriles is 1. The molecule has 1 aromatic carbocycles. The highest BCUT2D eigenvalue weighted by atomic mass is 19.1. The largest absolute Gasteiger partial charge is 0.368 e. The summed E-state index contributed by atoms with van der Waals surface area (Å²) in [6, 6.07) is 8.80. The van der Waals surface area contributed by atoms with Gasteiger partial charge in [0, 0.05) is 13.1 Å². The van der Waals surface area contributed by atoms with E-state index < -0.39 is 0 Å². The standard InChI is InChI=1S/C12H15FN2/c1-3-15(9-10(2)8-14)12-7-5-4-6-11(12)13/h4-7,10H,3,9H2,1-2H3. The van der Waals surface area contributed by atoms with Crippen LogP contribution in [0.25, 0.3) is 0 Å². The van der Waals surface area contributed by atoms with Gasteiger partial charge in [0.15, 0.2) is 0 Å². The Morgan fingerprint density at radius 3 is 2.67 bits per heavy atom. The zero-order valence-electron chi connectivity index (χ0n) is 9.07. The van der Waals surface area contributed by atoms with Crippen LogP contribution in [0.3, 0.4) is 0 Å². The Morgan fingerprint density at radius 2 is 2.13 bits per heavy atom. The Balaban J connectivity index is 2.84. The molecule has 0 amide bonds. The maximum Gasteiger partial charge on any atom is 0.146 e. The number of hydrogen-bond donors (Lipinski definition) is 0. The molecule has 1 unspecified atom stereocenters. The second-order valence-corrected chi connectivity index (χ2v) is 3.52. The van der Waals surface area contributed by atoms with Crippen LogP contribution < -0.4 is 4.90 Å². The van der Waals surface area contributed by atoms with E-state index in [-0.39, 0.29) is 11.7 Å². The molecule has 0 spiro atoms. The molecule has 0 fully saturated rings. The third kappa shape index (κ3) is 2.95. The third-order valence-corrected chi connectivity index (χ3v) is 2.29. The number of para-hydroxylation sites is 1. The molecule has 0 aliphatic carbocycles. The van der Waals surface area contributed by atoms with E-state index in [1.807, 2.05) is 18.7 Å². The minimum Gasteiger partial charge on any atom is -0.368 e. The van der Waals surface area contributed by atoms with Crippen LogP contribution in [-0.4, -0.2) is 13.1 Å². The van der Waals surface area contributed by atoms with E-state index >= 15 is 0 Å². The van der Waals surface area contributed by atoms with Gasteiger partial charge in [-0.3, -0.25) is 0 Å². The molecule has 0 heterocycles. The molecule has 1 atom stereocenters. The van der Waals surface area contributed by atoms with Gasteiger partial charge >= 0.3 is 0 Å². The molecule has 2 nitrogen and oxygen atoms in total. The first-order valence-electron chi connectivity index (χ1n) is 5.08.